The van der Waals surface area contributed by atoms with E-state index in [-0.39, 0.29) is 12.8 Å². The molecule has 1 fully saturated rings. The third-order valence-electron chi connectivity index (χ3n) is 6.98. The van der Waals surface area contributed by atoms with Crippen molar-refractivity contribution in [2.24, 2.45) is 0 Å². The van der Waals surface area contributed by atoms with Crippen molar-refractivity contribution in [3.05, 3.63) is 76.2 Å². The number of alkyl halides is 3. The Balaban J connectivity index is 1.81. The lowest BCUT2D eigenvalue weighted by Gasteiger charge is -2.48. The van der Waals surface area contributed by atoms with Crippen LogP contribution in [0.25, 0.3) is 10.8 Å². The van der Waals surface area contributed by atoms with E-state index in [0.717, 1.165) is 6.07 Å². The Bertz CT molecular complexity index is 1360. The number of anilines is 1. The molecule has 2 aromatic carbocycles. The number of fused-ring (bicyclic) bond motifs is 1. The summed E-state index contributed by atoms with van der Waals surface area (Å²) in [5.74, 6) is -17.7. The maximum Gasteiger partial charge on any atom is 0.273 e. The Labute approximate surface area is 198 Å². The number of rotatable bonds is 3. The van der Waals surface area contributed by atoms with Crippen LogP contribution < -0.4 is 4.90 Å². The zero-order valence-corrected chi connectivity index (χ0v) is 18.2. The van der Waals surface area contributed by atoms with Crippen LogP contribution in [-0.4, -0.2) is 24.2 Å². The second-order valence-corrected chi connectivity index (χ2v) is 8.95. The highest BCUT2D eigenvalue weighted by Crippen LogP contribution is 2.54. The summed E-state index contributed by atoms with van der Waals surface area (Å²) < 4.78 is 148. The molecule has 0 spiro atoms. The fraction of sp³-hybridized carbons (Fsp3) is 0.360. The van der Waals surface area contributed by atoms with Crippen molar-refractivity contribution in [1.29, 1.82) is 0 Å². The number of allylic oxidation sites excluding steroid dienone is 4. The first-order chi connectivity index (χ1) is 17.0. The van der Waals surface area contributed by atoms with E-state index in [1.165, 1.54) is 6.08 Å². The van der Waals surface area contributed by atoms with Crippen LogP contribution in [0.4, 0.5) is 49.6 Å². The van der Waals surface area contributed by atoms with Crippen LogP contribution >= 0.6 is 0 Å². The highest BCUT2D eigenvalue weighted by molar-refractivity contribution is 5.96. The molecule has 191 valence electrons. The molecule has 0 heterocycles. The van der Waals surface area contributed by atoms with Crippen LogP contribution in [0.1, 0.15) is 32.1 Å². The van der Waals surface area contributed by atoms with Crippen LogP contribution in [0.5, 0.6) is 0 Å². The standard InChI is InChI=1S/C25H16F10N/c26-12-6-7-16(11-8-15(29)20(30)21(31)17(11)12)36(10-4-2-1-3-5-10)25(35)23(33)19-14(28)9-13(27)18(19)22(32)24(25)34/h6-8,10,14,23H,1-5H2. The minimum Gasteiger partial charge on any atom is -0.327 e. The van der Waals surface area contributed by atoms with E-state index in [0.29, 0.717) is 36.3 Å². The maximum absolute atomic E-state index is 16.8. The molecule has 3 aliphatic carbocycles. The fourth-order valence-electron chi connectivity index (χ4n) is 5.34. The molecule has 2 aromatic rings. The van der Waals surface area contributed by atoms with Crippen molar-refractivity contribution < 1.29 is 43.9 Å². The predicted molar refractivity (Wildman–Crippen MR) is 111 cm³/mol. The molecule has 1 nitrogen and oxygen atoms in total. The number of hydrogen-bond acceptors (Lipinski definition) is 1. The van der Waals surface area contributed by atoms with Gasteiger partial charge in [-0.1, -0.05) is 19.3 Å². The monoisotopic (exact) mass is 520 g/mol. The SMILES string of the molecule is FC1=[C]C(F)C2=C1C(F)=C(F)C(F)(N(c1ccc(F)c3c(F)c(F)c(F)cc13)C1CCCCC1)C2F. The Morgan fingerprint density at radius 2 is 1.53 bits per heavy atom. The summed E-state index contributed by atoms with van der Waals surface area (Å²) >= 11 is 0. The molecule has 11 heteroatoms. The number of hydrogen-bond donors (Lipinski definition) is 0. The molecular weight excluding hydrogens is 504 g/mol. The van der Waals surface area contributed by atoms with Gasteiger partial charge in [0.05, 0.1) is 11.0 Å². The average Bonchev–Trinajstić information content (AvgIpc) is 3.15. The highest BCUT2D eigenvalue weighted by atomic mass is 19.2. The molecule has 36 heavy (non-hydrogen) atoms. The molecule has 1 radical (unpaired) electrons. The van der Waals surface area contributed by atoms with Crippen molar-refractivity contribution in [3.8, 4) is 0 Å². The van der Waals surface area contributed by atoms with Gasteiger partial charge >= 0.3 is 0 Å². The molecule has 0 saturated heterocycles. The van der Waals surface area contributed by atoms with E-state index in [9.17, 15) is 30.7 Å². The van der Waals surface area contributed by atoms with Gasteiger partial charge in [0.15, 0.2) is 41.4 Å². The van der Waals surface area contributed by atoms with E-state index in [4.69, 9.17) is 0 Å². The topological polar surface area (TPSA) is 3.24 Å². The molecule has 3 unspecified atom stereocenters. The molecule has 0 aromatic heterocycles. The summed E-state index contributed by atoms with van der Waals surface area (Å²) in [5.41, 5.74) is -3.48. The third kappa shape index (κ3) is 3.30. The van der Waals surface area contributed by atoms with Gasteiger partial charge in [-0.25, -0.2) is 43.9 Å². The Kier molecular flexibility index (Phi) is 5.87. The van der Waals surface area contributed by atoms with E-state index in [1.54, 1.807) is 0 Å². The summed E-state index contributed by atoms with van der Waals surface area (Å²) in [5, 5.41) is -1.91. The molecule has 0 N–H and O–H groups in total. The lowest BCUT2D eigenvalue weighted by atomic mass is 9.84. The van der Waals surface area contributed by atoms with Gasteiger partial charge in [0.25, 0.3) is 5.79 Å². The van der Waals surface area contributed by atoms with Gasteiger partial charge in [0.2, 0.25) is 0 Å². The molecule has 3 atom stereocenters. The van der Waals surface area contributed by atoms with E-state index in [1.807, 2.05) is 0 Å². The van der Waals surface area contributed by atoms with Crippen molar-refractivity contribution >= 4 is 16.5 Å². The minimum atomic E-state index is -4.15. The third-order valence-corrected chi connectivity index (χ3v) is 6.98. The summed E-state index contributed by atoms with van der Waals surface area (Å²) in [6, 6.07) is 0.512. The van der Waals surface area contributed by atoms with Gasteiger partial charge in [-0.15, -0.1) is 0 Å². The lowest BCUT2D eigenvalue weighted by Crippen LogP contribution is -2.60. The summed E-state index contributed by atoms with van der Waals surface area (Å²) in [4.78, 5) is 0.358. The zero-order valence-electron chi connectivity index (χ0n) is 18.2. The van der Waals surface area contributed by atoms with Crippen LogP contribution in [0.3, 0.4) is 0 Å². The van der Waals surface area contributed by atoms with E-state index < -0.39 is 92.5 Å². The van der Waals surface area contributed by atoms with Gasteiger partial charge in [-0.05, 0) is 31.0 Å². The second kappa shape index (κ2) is 8.55. The van der Waals surface area contributed by atoms with Crippen LogP contribution in [-0.2, 0) is 0 Å². The Morgan fingerprint density at radius 1 is 0.861 bits per heavy atom. The number of benzene rings is 2. The molecule has 3 aliphatic rings. The Morgan fingerprint density at radius 3 is 2.19 bits per heavy atom. The fourth-order valence-corrected chi connectivity index (χ4v) is 5.34. The van der Waals surface area contributed by atoms with Gasteiger partial charge in [0, 0.05) is 28.8 Å². The first-order valence-corrected chi connectivity index (χ1v) is 11.1. The molecule has 0 amide bonds. The number of nitrogens with zero attached hydrogens (tertiary/aromatic N) is 1. The van der Waals surface area contributed by atoms with Crippen LogP contribution in [0.15, 0.2) is 46.8 Å². The second-order valence-electron chi connectivity index (χ2n) is 8.95. The highest BCUT2D eigenvalue weighted by Gasteiger charge is 2.61. The smallest absolute Gasteiger partial charge is 0.273 e. The van der Waals surface area contributed by atoms with Crippen molar-refractivity contribution in [1.82, 2.24) is 0 Å². The summed E-state index contributed by atoms with van der Waals surface area (Å²) in [6.45, 7) is 0. The molecule has 0 aliphatic heterocycles. The van der Waals surface area contributed by atoms with Gasteiger partial charge in [-0.3, -0.25) is 0 Å². The van der Waals surface area contributed by atoms with E-state index in [2.05, 4.69) is 0 Å². The summed E-state index contributed by atoms with van der Waals surface area (Å²) in [7, 11) is 0. The Hall–Kier alpha value is -2.98. The van der Waals surface area contributed by atoms with Gasteiger partial charge < -0.3 is 4.90 Å². The minimum absolute atomic E-state index is 0.0714. The van der Waals surface area contributed by atoms with Crippen molar-refractivity contribution in [3.63, 3.8) is 0 Å². The number of halogens is 10. The van der Waals surface area contributed by atoms with Crippen LogP contribution in [0, 0.1) is 29.3 Å². The molecule has 0 bridgehead atoms. The first-order valence-electron chi connectivity index (χ1n) is 11.1. The average molecular weight is 520 g/mol. The van der Waals surface area contributed by atoms with Crippen LogP contribution in [0.2, 0.25) is 0 Å². The van der Waals surface area contributed by atoms with Crippen molar-refractivity contribution in [2.45, 2.75) is 56.3 Å². The van der Waals surface area contributed by atoms with Crippen molar-refractivity contribution in [2.75, 3.05) is 4.90 Å². The molecule has 5 rings (SSSR count). The largest absolute Gasteiger partial charge is 0.327 e. The van der Waals surface area contributed by atoms with Gasteiger partial charge in [0.1, 0.15) is 11.6 Å². The van der Waals surface area contributed by atoms with Gasteiger partial charge in [-0.2, -0.15) is 0 Å². The maximum atomic E-state index is 16.8. The summed E-state index contributed by atoms with van der Waals surface area (Å²) in [6.07, 6.45) is -2.97. The van der Waals surface area contributed by atoms with E-state index >= 15 is 13.2 Å². The molecule has 1 saturated carbocycles. The molecular formula is C25H16F10N. The quantitative estimate of drug-likeness (QED) is 0.225. The zero-order chi connectivity index (χ0) is 26.1. The normalized spacial score (nSPS) is 27.1. The predicted octanol–water partition coefficient (Wildman–Crippen LogP) is 8.01. The lowest BCUT2D eigenvalue weighted by molar-refractivity contribution is 0.0524. The first kappa shape index (κ1) is 24.7.